The quantitative estimate of drug-likeness (QED) is 0.572. The van der Waals surface area contributed by atoms with E-state index in [1.165, 1.54) is 39.4 Å². The molecule has 3 aromatic carbocycles. The molecule has 0 amide bonds. The standard InChI is InChI=1S/C23H27N/c1-17-13-14-20(18(2)16-17)10-7-15-24-19(3)22-12-6-9-21-8-4-5-11-23(21)22/h4-6,8-9,11-14,16,19,24H,7,10,15H2,1-3H3/t19-/m1/s1. The number of nitrogens with one attached hydrogen (secondary N) is 1. The van der Waals surface area contributed by atoms with Gasteiger partial charge in [0.2, 0.25) is 0 Å². The van der Waals surface area contributed by atoms with Gasteiger partial charge in [0.05, 0.1) is 0 Å². The summed E-state index contributed by atoms with van der Waals surface area (Å²) in [4.78, 5) is 0. The minimum atomic E-state index is 0.371. The van der Waals surface area contributed by atoms with Crippen molar-refractivity contribution in [1.82, 2.24) is 5.32 Å². The average molecular weight is 317 g/mol. The number of aryl methyl sites for hydroxylation is 3. The van der Waals surface area contributed by atoms with E-state index in [4.69, 9.17) is 0 Å². The zero-order chi connectivity index (χ0) is 16.9. The van der Waals surface area contributed by atoms with Crippen molar-refractivity contribution in [2.75, 3.05) is 6.54 Å². The van der Waals surface area contributed by atoms with Gasteiger partial charge in [-0.25, -0.2) is 0 Å². The molecule has 1 nitrogen and oxygen atoms in total. The molecule has 0 aromatic heterocycles. The molecule has 3 aromatic rings. The highest BCUT2D eigenvalue weighted by Gasteiger charge is 2.08. The molecule has 1 heteroatoms. The summed E-state index contributed by atoms with van der Waals surface area (Å²) in [6.07, 6.45) is 2.31. The van der Waals surface area contributed by atoms with Crippen molar-refractivity contribution in [3.8, 4) is 0 Å². The van der Waals surface area contributed by atoms with Crippen molar-refractivity contribution >= 4 is 10.8 Å². The lowest BCUT2D eigenvalue weighted by Gasteiger charge is -2.17. The Labute approximate surface area is 145 Å². The first-order chi connectivity index (χ1) is 11.6. The Bertz CT molecular complexity index is 814. The molecule has 0 spiro atoms. The molecule has 0 saturated carbocycles. The van der Waals surface area contributed by atoms with Crippen LogP contribution >= 0.6 is 0 Å². The van der Waals surface area contributed by atoms with Crippen LogP contribution in [0.15, 0.2) is 60.7 Å². The van der Waals surface area contributed by atoms with Gasteiger partial charge in [-0.15, -0.1) is 0 Å². The molecule has 0 aliphatic heterocycles. The highest BCUT2D eigenvalue weighted by molar-refractivity contribution is 5.86. The van der Waals surface area contributed by atoms with Gasteiger partial charge in [-0.3, -0.25) is 0 Å². The molecule has 0 bridgehead atoms. The van der Waals surface area contributed by atoms with Crippen molar-refractivity contribution in [3.05, 3.63) is 82.9 Å². The van der Waals surface area contributed by atoms with Crippen LogP contribution in [0, 0.1) is 13.8 Å². The Kier molecular flexibility index (Phi) is 5.32. The smallest absolute Gasteiger partial charge is 0.0297 e. The first kappa shape index (κ1) is 16.7. The highest BCUT2D eigenvalue weighted by Crippen LogP contribution is 2.24. The maximum absolute atomic E-state index is 3.69. The maximum atomic E-state index is 3.69. The van der Waals surface area contributed by atoms with Crippen LogP contribution in [0.1, 0.15) is 41.6 Å². The second kappa shape index (κ2) is 7.63. The van der Waals surface area contributed by atoms with Gasteiger partial charge in [0.15, 0.2) is 0 Å². The fourth-order valence-corrected chi connectivity index (χ4v) is 3.46. The molecule has 3 rings (SSSR count). The van der Waals surface area contributed by atoms with Crippen molar-refractivity contribution in [1.29, 1.82) is 0 Å². The third-order valence-electron chi connectivity index (χ3n) is 4.86. The maximum Gasteiger partial charge on any atom is 0.0297 e. The number of benzene rings is 3. The second-order valence-corrected chi connectivity index (χ2v) is 6.78. The molecule has 0 unspecified atom stereocenters. The van der Waals surface area contributed by atoms with Gasteiger partial charge in [0.1, 0.15) is 0 Å². The first-order valence-corrected chi connectivity index (χ1v) is 8.92. The summed E-state index contributed by atoms with van der Waals surface area (Å²) >= 11 is 0. The molecule has 0 aliphatic carbocycles. The van der Waals surface area contributed by atoms with Gasteiger partial charge in [-0.1, -0.05) is 66.2 Å². The Morgan fingerprint density at radius 1 is 0.917 bits per heavy atom. The summed E-state index contributed by atoms with van der Waals surface area (Å²) in [5.41, 5.74) is 5.62. The van der Waals surface area contributed by atoms with Crippen molar-refractivity contribution in [2.45, 2.75) is 39.7 Å². The summed E-state index contributed by atoms with van der Waals surface area (Å²) in [6, 6.07) is 22.4. The Balaban J connectivity index is 1.58. The molecule has 24 heavy (non-hydrogen) atoms. The van der Waals surface area contributed by atoms with Crippen LogP contribution in [0.3, 0.4) is 0 Å². The van der Waals surface area contributed by atoms with Crippen LogP contribution in [0.2, 0.25) is 0 Å². The van der Waals surface area contributed by atoms with E-state index in [-0.39, 0.29) is 0 Å². The predicted molar refractivity (Wildman–Crippen MR) is 105 cm³/mol. The van der Waals surface area contributed by atoms with Gasteiger partial charge in [0, 0.05) is 6.04 Å². The lowest BCUT2D eigenvalue weighted by molar-refractivity contribution is 0.561. The second-order valence-electron chi connectivity index (χ2n) is 6.78. The number of rotatable bonds is 6. The average Bonchev–Trinajstić information content (AvgIpc) is 2.59. The molecular weight excluding hydrogens is 290 g/mol. The third kappa shape index (κ3) is 3.85. The normalized spacial score (nSPS) is 12.5. The summed E-state index contributed by atoms with van der Waals surface area (Å²) < 4.78 is 0. The molecule has 0 fully saturated rings. The Morgan fingerprint density at radius 2 is 1.71 bits per heavy atom. The SMILES string of the molecule is Cc1ccc(CCCN[C@H](C)c2cccc3ccccc23)c(C)c1. The third-order valence-corrected chi connectivity index (χ3v) is 4.86. The first-order valence-electron chi connectivity index (χ1n) is 8.92. The van der Waals surface area contributed by atoms with Gasteiger partial charge in [0.25, 0.3) is 0 Å². The summed E-state index contributed by atoms with van der Waals surface area (Å²) in [5, 5.41) is 6.37. The van der Waals surface area contributed by atoms with Crippen molar-refractivity contribution in [2.24, 2.45) is 0 Å². The van der Waals surface area contributed by atoms with E-state index in [0.717, 1.165) is 13.0 Å². The van der Waals surface area contributed by atoms with Crippen LogP contribution in [-0.2, 0) is 6.42 Å². The molecule has 1 atom stereocenters. The van der Waals surface area contributed by atoms with E-state index >= 15 is 0 Å². The van der Waals surface area contributed by atoms with Gasteiger partial charge in [-0.2, -0.15) is 0 Å². The van der Waals surface area contributed by atoms with Crippen LogP contribution < -0.4 is 5.32 Å². The van der Waals surface area contributed by atoms with E-state index in [0.29, 0.717) is 6.04 Å². The van der Waals surface area contributed by atoms with E-state index in [1.807, 2.05) is 0 Å². The fraction of sp³-hybridized carbons (Fsp3) is 0.304. The van der Waals surface area contributed by atoms with Crippen molar-refractivity contribution in [3.63, 3.8) is 0 Å². The van der Waals surface area contributed by atoms with E-state index in [1.54, 1.807) is 0 Å². The monoisotopic (exact) mass is 317 g/mol. The molecule has 1 N–H and O–H groups in total. The van der Waals surface area contributed by atoms with Crippen LogP contribution in [0.5, 0.6) is 0 Å². The molecule has 0 heterocycles. The van der Waals surface area contributed by atoms with Gasteiger partial charge >= 0.3 is 0 Å². The van der Waals surface area contributed by atoms with Crippen LogP contribution in [0.25, 0.3) is 10.8 Å². The zero-order valence-electron chi connectivity index (χ0n) is 15.0. The zero-order valence-corrected chi connectivity index (χ0v) is 15.0. The minimum Gasteiger partial charge on any atom is -0.310 e. The predicted octanol–water partition coefficient (Wildman–Crippen LogP) is 5.74. The Morgan fingerprint density at radius 3 is 2.54 bits per heavy atom. The fourth-order valence-electron chi connectivity index (χ4n) is 3.46. The van der Waals surface area contributed by atoms with Gasteiger partial charge in [-0.05, 0) is 67.6 Å². The van der Waals surface area contributed by atoms with Crippen LogP contribution in [-0.4, -0.2) is 6.54 Å². The summed E-state index contributed by atoms with van der Waals surface area (Å²) in [7, 11) is 0. The molecular formula is C23H27N. The van der Waals surface area contributed by atoms with E-state index in [2.05, 4.69) is 86.8 Å². The topological polar surface area (TPSA) is 12.0 Å². The minimum absolute atomic E-state index is 0.371. The number of hydrogen-bond acceptors (Lipinski definition) is 1. The summed E-state index contributed by atoms with van der Waals surface area (Å²) in [6.45, 7) is 7.68. The molecule has 124 valence electrons. The Hall–Kier alpha value is -2.12. The largest absolute Gasteiger partial charge is 0.310 e. The molecule has 0 aliphatic rings. The highest BCUT2D eigenvalue weighted by atomic mass is 14.9. The molecule has 0 saturated heterocycles. The lowest BCUT2D eigenvalue weighted by Crippen LogP contribution is -2.20. The van der Waals surface area contributed by atoms with E-state index < -0.39 is 0 Å². The lowest BCUT2D eigenvalue weighted by atomic mass is 9.99. The van der Waals surface area contributed by atoms with Crippen molar-refractivity contribution < 1.29 is 0 Å². The number of hydrogen-bond donors (Lipinski definition) is 1. The van der Waals surface area contributed by atoms with E-state index in [9.17, 15) is 0 Å². The van der Waals surface area contributed by atoms with Gasteiger partial charge < -0.3 is 5.32 Å². The molecule has 0 radical (unpaired) electrons. The van der Waals surface area contributed by atoms with Crippen LogP contribution in [0.4, 0.5) is 0 Å². The number of fused-ring (bicyclic) bond motifs is 1. The summed E-state index contributed by atoms with van der Waals surface area (Å²) in [5.74, 6) is 0.